The minimum absolute atomic E-state index is 0.391. The first-order chi connectivity index (χ1) is 8.63. The molecule has 0 aromatic carbocycles. The van der Waals surface area contributed by atoms with Crippen molar-refractivity contribution in [1.82, 2.24) is 9.97 Å². The van der Waals surface area contributed by atoms with Gasteiger partial charge in [0, 0.05) is 12.7 Å². The van der Waals surface area contributed by atoms with Crippen molar-refractivity contribution in [3.8, 4) is 0 Å². The van der Waals surface area contributed by atoms with Crippen LogP contribution in [0.5, 0.6) is 0 Å². The van der Waals surface area contributed by atoms with Gasteiger partial charge in [-0.2, -0.15) is 0 Å². The molecular formula is C13H18Cl2N2O. The zero-order chi connectivity index (χ0) is 13.2. The lowest BCUT2D eigenvalue weighted by molar-refractivity contribution is -0.0163. The molecule has 0 bridgehead atoms. The third-order valence-corrected chi connectivity index (χ3v) is 4.24. The Morgan fingerprint density at radius 1 is 1.17 bits per heavy atom. The summed E-state index contributed by atoms with van der Waals surface area (Å²) in [7, 11) is 1.70. The summed E-state index contributed by atoms with van der Waals surface area (Å²) in [5.41, 5.74) is 0.451. The predicted molar refractivity (Wildman–Crippen MR) is 73.2 cm³/mol. The summed E-state index contributed by atoms with van der Waals surface area (Å²) >= 11 is 12.4. The van der Waals surface area contributed by atoms with Gasteiger partial charge in [-0.3, -0.25) is 0 Å². The predicted octanol–water partition coefficient (Wildman–Crippen LogP) is 4.15. The van der Waals surface area contributed by atoms with Crippen molar-refractivity contribution in [1.29, 1.82) is 0 Å². The average Bonchev–Trinajstić information content (AvgIpc) is 2.83. The second-order valence-corrected chi connectivity index (χ2v) is 5.48. The highest BCUT2D eigenvalue weighted by molar-refractivity contribution is 6.34. The van der Waals surface area contributed by atoms with Gasteiger partial charge >= 0.3 is 0 Å². The number of aromatic nitrogens is 2. The van der Waals surface area contributed by atoms with Gasteiger partial charge in [0.15, 0.2) is 5.82 Å². The molecule has 0 radical (unpaired) electrons. The van der Waals surface area contributed by atoms with Crippen LogP contribution in [0.15, 0.2) is 0 Å². The second-order valence-electron chi connectivity index (χ2n) is 4.76. The molecule has 2 rings (SSSR count). The van der Waals surface area contributed by atoms with Crippen LogP contribution in [-0.2, 0) is 16.8 Å². The van der Waals surface area contributed by atoms with Crippen molar-refractivity contribution in [2.24, 2.45) is 0 Å². The van der Waals surface area contributed by atoms with E-state index in [1.54, 1.807) is 7.11 Å². The molecule has 1 saturated carbocycles. The van der Waals surface area contributed by atoms with Crippen molar-refractivity contribution in [3.05, 3.63) is 21.7 Å². The number of halogens is 2. The van der Waals surface area contributed by atoms with Gasteiger partial charge in [0.05, 0.1) is 0 Å². The van der Waals surface area contributed by atoms with E-state index in [2.05, 4.69) is 16.9 Å². The third-order valence-electron chi connectivity index (χ3n) is 3.62. The number of ether oxygens (including phenoxy) is 1. The highest BCUT2D eigenvalue weighted by atomic mass is 35.5. The smallest absolute Gasteiger partial charge is 0.163 e. The molecule has 0 spiro atoms. The Bertz CT molecular complexity index is 408. The van der Waals surface area contributed by atoms with E-state index in [9.17, 15) is 0 Å². The molecular weight excluding hydrogens is 271 g/mol. The van der Waals surface area contributed by atoms with Gasteiger partial charge in [-0.1, -0.05) is 36.5 Å². The van der Waals surface area contributed by atoms with Crippen LogP contribution in [-0.4, -0.2) is 17.1 Å². The van der Waals surface area contributed by atoms with Crippen LogP contribution in [0, 0.1) is 0 Å². The molecule has 0 aliphatic heterocycles. The van der Waals surface area contributed by atoms with Gasteiger partial charge in [0.2, 0.25) is 0 Å². The van der Waals surface area contributed by atoms with Crippen molar-refractivity contribution in [2.45, 2.75) is 51.0 Å². The van der Waals surface area contributed by atoms with Crippen LogP contribution in [0.1, 0.15) is 50.4 Å². The van der Waals surface area contributed by atoms with Crippen LogP contribution in [0.2, 0.25) is 10.3 Å². The largest absolute Gasteiger partial charge is 0.370 e. The van der Waals surface area contributed by atoms with Crippen molar-refractivity contribution in [2.75, 3.05) is 7.11 Å². The first-order valence-corrected chi connectivity index (χ1v) is 7.16. The van der Waals surface area contributed by atoms with Crippen LogP contribution in [0.4, 0.5) is 0 Å². The fraction of sp³-hybridized carbons (Fsp3) is 0.692. The molecule has 0 atom stereocenters. The summed E-state index contributed by atoms with van der Waals surface area (Å²) in [4.78, 5) is 8.84. The summed E-state index contributed by atoms with van der Waals surface area (Å²) in [5.74, 6) is 0.636. The molecule has 1 aromatic heterocycles. The van der Waals surface area contributed by atoms with Crippen molar-refractivity contribution < 1.29 is 4.74 Å². The number of rotatable bonds is 4. The Kier molecular flexibility index (Phi) is 4.46. The van der Waals surface area contributed by atoms with Gasteiger partial charge in [-0.25, -0.2) is 9.97 Å². The second kappa shape index (κ2) is 5.72. The molecule has 1 aromatic rings. The van der Waals surface area contributed by atoms with Gasteiger partial charge in [-0.15, -0.1) is 0 Å². The normalized spacial score (nSPS) is 18.2. The van der Waals surface area contributed by atoms with Gasteiger partial charge in [0.1, 0.15) is 15.9 Å². The van der Waals surface area contributed by atoms with Crippen molar-refractivity contribution >= 4 is 23.2 Å². The summed E-state index contributed by atoms with van der Waals surface area (Å²) in [5, 5.41) is 0.936. The van der Waals surface area contributed by atoms with Gasteiger partial charge in [0.25, 0.3) is 0 Å². The Hall–Kier alpha value is -0.380. The zero-order valence-electron chi connectivity index (χ0n) is 10.8. The molecule has 0 N–H and O–H groups in total. The van der Waals surface area contributed by atoms with E-state index >= 15 is 0 Å². The Balaban J connectivity index is 2.40. The zero-order valence-corrected chi connectivity index (χ0v) is 12.3. The maximum absolute atomic E-state index is 6.22. The minimum atomic E-state index is -0.391. The molecule has 0 saturated heterocycles. The quantitative estimate of drug-likeness (QED) is 0.781. The van der Waals surface area contributed by atoms with Crippen molar-refractivity contribution in [3.63, 3.8) is 0 Å². The molecule has 0 unspecified atom stereocenters. The summed E-state index contributed by atoms with van der Waals surface area (Å²) in [6, 6.07) is 0. The maximum Gasteiger partial charge on any atom is 0.163 e. The number of methoxy groups -OCH3 is 1. The first-order valence-electron chi connectivity index (χ1n) is 6.40. The van der Waals surface area contributed by atoms with E-state index < -0.39 is 5.60 Å². The molecule has 1 fully saturated rings. The molecule has 1 aliphatic carbocycles. The SMILES string of the molecule is CCCc1c(Cl)nc(C2(OC)CCCC2)nc1Cl. The lowest BCUT2D eigenvalue weighted by Crippen LogP contribution is -2.27. The van der Waals surface area contributed by atoms with E-state index in [4.69, 9.17) is 27.9 Å². The monoisotopic (exact) mass is 288 g/mol. The number of nitrogens with zero attached hydrogens (tertiary/aromatic N) is 2. The topological polar surface area (TPSA) is 35.0 Å². The van der Waals surface area contributed by atoms with E-state index in [-0.39, 0.29) is 0 Å². The van der Waals surface area contributed by atoms with E-state index in [1.807, 2.05) is 0 Å². The van der Waals surface area contributed by atoms with E-state index in [1.165, 1.54) is 0 Å². The van der Waals surface area contributed by atoms with E-state index in [0.29, 0.717) is 16.1 Å². The van der Waals surface area contributed by atoms with Crippen LogP contribution in [0.3, 0.4) is 0 Å². The molecule has 3 nitrogen and oxygen atoms in total. The lowest BCUT2D eigenvalue weighted by Gasteiger charge is -2.26. The summed E-state index contributed by atoms with van der Waals surface area (Å²) < 4.78 is 5.65. The minimum Gasteiger partial charge on any atom is -0.370 e. The number of hydrogen-bond donors (Lipinski definition) is 0. The van der Waals surface area contributed by atoms with E-state index in [0.717, 1.165) is 44.1 Å². The van der Waals surface area contributed by atoms with Gasteiger partial charge < -0.3 is 4.74 Å². The lowest BCUT2D eigenvalue weighted by atomic mass is 10.0. The molecule has 0 amide bonds. The highest BCUT2D eigenvalue weighted by Gasteiger charge is 2.39. The molecule has 100 valence electrons. The fourth-order valence-corrected chi connectivity index (χ4v) is 3.13. The molecule has 5 heteroatoms. The Morgan fingerprint density at radius 3 is 2.17 bits per heavy atom. The molecule has 1 aliphatic rings. The third kappa shape index (κ3) is 2.49. The average molecular weight is 289 g/mol. The van der Waals surface area contributed by atoms with Gasteiger partial charge in [-0.05, 0) is 32.1 Å². The van der Waals surface area contributed by atoms with Crippen LogP contribution in [0.25, 0.3) is 0 Å². The summed E-state index contributed by atoms with van der Waals surface area (Å²) in [6.45, 7) is 2.08. The maximum atomic E-state index is 6.22. The fourth-order valence-electron chi connectivity index (χ4n) is 2.56. The first kappa shape index (κ1) is 14.0. The number of hydrogen-bond acceptors (Lipinski definition) is 3. The Labute approximate surface area is 118 Å². The molecule has 18 heavy (non-hydrogen) atoms. The van der Waals surface area contributed by atoms with Crippen LogP contribution < -0.4 is 0 Å². The standard InChI is InChI=1S/C13H18Cl2N2O/c1-3-6-9-10(14)16-12(17-11(9)15)13(18-2)7-4-5-8-13/h3-8H2,1-2H3. The summed E-state index contributed by atoms with van der Waals surface area (Å²) in [6.07, 6.45) is 5.90. The highest BCUT2D eigenvalue weighted by Crippen LogP contribution is 2.41. The molecule has 1 heterocycles. The Morgan fingerprint density at radius 2 is 1.72 bits per heavy atom. The van der Waals surface area contributed by atoms with Crippen LogP contribution >= 0.6 is 23.2 Å².